The summed E-state index contributed by atoms with van der Waals surface area (Å²) in [6.07, 6.45) is -4.76. The summed E-state index contributed by atoms with van der Waals surface area (Å²) in [6, 6.07) is 8.54. The van der Waals surface area contributed by atoms with Crippen LogP contribution in [0.25, 0.3) is 0 Å². The maximum absolute atomic E-state index is 12.8. The predicted octanol–water partition coefficient (Wildman–Crippen LogP) is 2.83. The average Bonchev–Trinajstić information content (AvgIpc) is 2.80. The Kier molecular flexibility index (Phi) is 8.04. The number of pyridine rings is 1. The Morgan fingerprint density at radius 1 is 1.15 bits per heavy atom. The molecule has 1 unspecified atom stereocenters. The van der Waals surface area contributed by atoms with E-state index in [4.69, 9.17) is 11.6 Å². The van der Waals surface area contributed by atoms with Crippen LogP contribution in [0, 0.1) is 0 Å². The van der Waals surface area contributed by atoms with Crippen molar-refractivity contribution < 1.29 is 27.6 Å². The first kappa shape index (κ1) is 24.7. The second-order valence-corrected chi connectivity index (χ2v) is 7.88. The molecule has 0 aliphatic carbocycles. The molecule has 1 aliphatic rings. The Labute approximate surface area is 193 Å². The Bertz CT molecular complexity index is 1030. The third kappa shape index (κ3) is 6.75. The summed E-state index contributed by atoms with van der Waals surface area (Å²) in [4.78, 5) is 43.2. The van der Waals surface area contributed by atoms with Crippen molar-refractivity contribution in [2.45, 2.75) is 31.6 Å². The summed E-state index contributed by atoms with van der Waals surface area (Å²) in [6.45, 7) is 0.953. The molecule has 0 radical (unpaired) electrons. The van der Waals surface area contributed by atoms with Crippen LogP contribution in [0.2, 0.25) is 5.15 Å². The maximum atomic E-state index is 12.8. The molecule has 33 heavy (non-hydrogen) atoms. The van der Waals surface area contributed by atoms with E-state index < -0.39 is 23.7 Å². The molecule has 0 bridgehead atoms. The number of piperazine rings is 1. The number of aromatic nitrogens is 1. The van der Waals surface area contributed by atoms with E-state index in [-0.39, 0.29) is 48.5 Å². The Morgan fingerprint density at radius 3 is 2.64 bits per heavy atom. The zero-order valence-electron chi connectivity index (χ0n) is 17.5. The third-order valence-electron chi connectivity index (χ3n) is 5.14. The van der Waals surface area contributed by atoms with Crippen LogP contribution in [-0.2, 0) is 22.3 Å². The first-order valence-electron chi connectivity index (χ1n) is 10.2. The zero-order valence-corrected chi connectivity index (χ0v) is 18.2. The first-order valence-corrected chi connectivity index (χ1v) is 10.6. The van der Waals surface area contributed by atoms with E-state index in [1.165, 1.54) is 23.1 Å². The molecule has 1 aliphatic heterocycles. The number of hydrogen-bond donors (Lipinski definition) is 2. The molecule has 0 spiro atoms. The molecular weight excluding hydrogens is 461 g/mol. The van der Waals surface area contributed by atoms with Gasteiger partial charge in [-0.15, -0.1) is 0 Å². The number of alkyl halides is 3. The van der Waals surface area contributed by atoms with Gasteiger partial charge in [-0.05, 0) is 29.8 Å². The standard InChI is InChI=1S/C22H22ClF3N4O3/c23-18-6-2-5-16(29-18)21(33)17-13-27-9-10-30(17)20(32)8-7-19(31)28-12-14-3-1-4-15(11-14)22(24,25)26/h1-6,11,17,27H,7-10,12-13H2,(H,28,31). The number of carbonyl (C=O) groups is 3. The molecule has 176 valence electrons. The summed E-state index contributed by atoms with van der Waals surface area (Å²) < 4.78 is 38.4. The monoisotopic (exact) mass is 482 g/mol. The third-order valence-corrected chi connectivity index (χ3v) is 5.35. The van der Waals surface area contributed by atoms with E-state index in [9.17, 15) is 27.6 Å². The predicted molar refractivity (Wildman–Crippen MR) is 114 cm³/mol. The van der Waals surface area contributed by atoms with E-state index in [0.29, 0.717) is 18.7 Å². The van der Waals surface area contributed by atoms with Crippen molar-refractivity contribution in [3.63, 3.8) is 0 Å². The molecule has 0 saturated carbocycles. The fourth-order valence-corrected chi connectivity index (χ4v) is 3.63. The van der Waals surface area contributed by atoms with Crippen LogP contribution in [0.1, 0.15) is 34.5 Å². The van der Waals surface area contributed by atoms with Crippen LogP contribution in [0.4, 0.5) is 13.2 Å². The van der Waals surface area contributed by atoms with Crippen molar-refractivity contribution in [3.05, 3.63) is 64.4 Å². The van der Waals surface area contributed by atoms with Crippen LogP contribution in [-0.4, -0.2) is 53.2 Å². The molecule has 2 N–H and O–H groups in total. The van der Waals surface area contributed by atoms with Gasteiger partial charge in [0.1, 0.15) is 16.9 Å². The van der Waals surface area contributed by atoms with E-state index in [1.807, 2.05) is 0 Å². The molecule has 2 amide bonds. The number of hydrogen-bond acceptors (Lipinski definition) is 5. The largest absolute Gasteiger partial charge is 0.416 e. The quantitative estimate of drug-likeness (QED) is 0.468. The van der Waals surface area contributed by atoms with Crippen LogP contribution >= 0.6 is 11.6 Å². The number of nitrogens with zero attached hydrogens (tertiary/aromatic N) is 2. The lowest BCUT2D eigenvalue weighted by atomic mass is 10.0. The molecule has 1 atom stereocenters. The van der Waals surface area contributed by atoms with E-state index >= 15 is 0 Å². The lowest BCUT2D eigenvalue weighted by Crippen LogP contribution is -2.57. The summed E-state index contributed by atoms with van der Waals surface area (Å²) in [5.41, 5.74) is -0.354. The average molecular weight is 483 g/mol. The van der Waals surface area contributed by atoms with E-state index in [1.54, 1.807) is 12.1 Å². The molecular formula is C22H22ClF3N4O3. The summed E-state index contributed by atoms with van der Waals surface area (Å²) in [7, 11) is 0. The second-order valence-electron chi connectivity index (χ2n) is 7.49. The highest BCUT2D eigenvalue weighted by molar-refractivity contribution is 6.29. The Balaban J connectivity index is 1.54. The van der Waals surface area contributed by atoms with E-state index in [2.05, 4.69) is 15.6 Å². The molecule has 1 fully saturated rings. The molecule has 1 saturated heterocycles. The lowest BCUT2D eigenvalue weighted by Gasteiger charge is -2.35. The van der Waals surface area contributed by atoms with Crippen molar-refractivity contribution in [1.29, 1.82) is 0 Å². The van der Waals surface area contributed by atoms with E-state index in [0.717, 1.165) is 12.1 Å². The van der Waals surface area contributed by atoms with Crippen molar-refractivity contribution in [2.24, 2.45) is 0 Å². The first-order chi connectivity index (χ1) is 15.6. The number of carbonyl (C=O) groups excluding carboxylic acids is 3. The normalized spacial score (nSPS) is 16.4. The number of halogens is 4. The number of Topliss-reactive ketones (excluding diaryl/α,β-unsaturated/α-hetero) is 1. The van der Waals surface area contributed by atoms with Crippen molar-refractivity contribution >= 4 is 29.2 Å². The summed E-state index contributed by atoms with van der Waals surface area (Å²) in [5, 5.41) is 5.76. The van der Waals surface area contributed by atoms with Crippen LogP contribution in [0.15, 0.2) is 42.5 Å². The minimum atomic E-state index is -4.47. The zero-order chi connectivity index (χ0) is 24.0. The van der Waals surface area contributed by atoms with Gasteiger partial charge in [-0.25, -0.2) is 4.98 Å². The van der Waals surface area contributed by atoms with Crippen LogP contribution in [0.5, 0.6) is 0 Å². The van der Waals surface area contributed by atoms with Gasteiger partial charge in [0.2, 0.25) is 17.6 Å². The number of ketones is 1. The number of rotatable bonds is 7. The van der Waals surface area contributed by atoms with Gasteiger partial charge < -0.3 is 15.5 Å². The van der Waals surface area contributed by atoms with Gasteiger partial charge in [-0.3, -0.25) is 14.4 Å². The minimum absolute atomic E-state index is 0.0911. The van der Waals surface area contributed by atoms with Gasteiger partial charge in [0.15, 0.2) is 0 Å². The van der Waals surface area contributed by atoms with Gasteiger partial charge in [0.25, 0.3) is 0 Å². The molecule has 2 heterocycles. The number of nitrogens with one attached hydrogen (secondary N) is 2. The Hall–Kier alpha value is -2.98. The fourth-order valence-electron chi connectivity index (χ4n) is 3.46. The molecule has 1 aromatic heterocycles. The highest BCUT2D eigenvalue weighted by atomic mass is 35.5. The molecule has 1 aromatic carbocycles. The topological polar surface area (TPSA) is 91.4 Å². The van der Waals surface area contributed by atoms with Gasteiger partial charge in [-0.1, -0.05) is 29.8 Å². The second kappa shape index (κ2) is 10.8. The maximum Gasteiger partial charge on any atom is 0.416 e. The highest BCUT2D eigenvalue weighted by Crippen LogP contribution is 2.29. The van der Waals surface area contributed by atoms with Crippen LogP contribution < -0.4 is 10.6 Å². The SMILES string of the molecule is O=C(CCC(=O)N1CCNCC1C(=O)c1cccc(Cl)n1)NCc1cccc(C(F)(F)F)c1. The molecule has 11 heteroatoms. The smallest absolute Gasteiger partial charge is 0.352 e. The summed E-state index contributed by atoms with van der Waals surface area (Å²) >= 11 is 5.86. The van der Waals surface area contributed by atoms with Gasteiger partial charge in [0, 0.05) is 39.0 Å². The fraction of sp³-hybridized carbons (Fsp3) is 0.364. The number of amides is 2. The minimum Gasteiger partial charge on any atom is -0.352 e. The molecule has 3 rings (SSSR count). The summed E-state index contributed by atoms with van der Waals surface area (Å²) in [5.74, 6) is -1.20. The lowest BCUT2D eigenvalue weighted by molar-refractivity contribution is -0.137. The highest BCUT2D eigenvalue weighted by Gasteiger charge is 2.33. The van der Waals surface area contributed by atoms with Gasteiger partial charge >= 0.3 is 6.18 Å². The van der Waals surface area contributed by atoms with Crippen molar-refractivity contribution in [1.82, 2.24) is 20.5 Å². The molecule has 2 aromatic rings. The Morgan fingerprint density at radius 2 is 1.91 bits per heavy atom. The molecule has 7 nitrogen and oxygen atoms in total. The van der Waals surface area contributed by atoms with Gasteiger partial charge in [0.05, 0.1) is 5.56 Å². The number of benzene rings is 1. The van der Waals surface area contributed by atoms with Crippen molar-refractivity contribution in [2.75, 3.05) is 19.6 Å². The van der Waals surface area contributed by atoms with Crippen LogP contribution in [0.3, 0.4) is 0 Å². The van der Waals surface area contributed by atoms with Crippen molar-refractivity contribution in [3.8, 4) is 0 Å². The van der Waals surface area contributed by atoms with Gasteiger partial charge in [-0.2, -0.15) is 13.2 Å².